The lowest BCUT2D eigenvalue weighted by Gasteiger charge is -2.07. The fraction of sp³-hybridized carbons (Fsp3) is 0.333. The largest absolute Gasteiger partial charge is 0.324 e. The number of hydrogen-bond donors (Lipinski definition) is 1. The van der Waals surface area contributed by atoms with E-state index in [1.165, 1.54) is 6.07 Å². The van der Waals surface area contributed by atoms with Crippen molar-refractivity contribution < 1.29 is 4.39 Å². The molecule has 90 valence electrons. The van der Waals surface area contributed by atoms with Crippen LogP contribution in [0.15, 0.2) is 18.2 Å². The summed E-state index contributed by atoms with van der Waals surface area (Å²) in [7, 11) is 0. The Morgan fingerprint density at radius 3 is 2.71 bits per heavy atom. The van der Waals surface area contributed by atoms with E-state index in [4.69, 9.17) is 5.73 Å². The van der Waals surface area contributed by atoms with Crippen molar-refractivity contribution >= 4 is 0 Å². The molecule has 0 aliphatic rings. The van der Waals surface area contributed by atoms with Gasteiger partial charge in [-0.05, 0) is 25.5 Å². The highest BCUT2D eigenvalue weighted by Gasteiger charge is 2.12. The standard InChI is InChI=1S/C12H15FN4/c1-3-17-11(7-14)15-16-12(17)9-5-4-8(2)10(13)6-9/h4-6H,3,7,14H2,1-2H3. The van der Waals surface area contributed by atoms with Crippen molar-refractivity contribution in [3.63, 3.8) is 0 Å². The minimum absolute atomic E-state index is 0.234. The molecule has 0 saturated heterocycles. The zero-order chi connectivity index (χ0) is 12.4. The van der Waals surface area contributed by atoms with Gasteiger partial charge in [-0.1, -0.05) is 12.1 Å². The number of halogens is 1. The zero-order valence-corrected chi connectivity index (χ0v) is 9.94. The molecule has 5 heteroatoms. The van der Waals surface area contributed by atoms with Gasteiger partial charge in [-0.15, -0.1) is 10.2 Å². The fourth-order valence-electron chi connectivity index (χ4n) is 1.76. The molecule has 0 atom stereocenters. The van der Waals surface area contributed by atoms with Crippen LogP contribution in [0.1, 0.15) is 18.3 Å². The van der Waals surface area contributed by atoms with E-state index in [-0.39, 0.29) is 5.82 Å². The number of rotatable bonds is 3. The van der Waals surface area contributed by atoms with Crippen LogP contribution in [0.25, 0.3) is 11.4 Å². The first-order chi connectivity index (χ1) is 8.17. The van der Waals surface area contributed by atoms with Gasteiger partial charge in [0, 0.05) is 12.1 Å². The smallest absolute Gasteiger partial charge is 0.164 e. The quantitative estimate of drug-likeness (QED) is 0.882. The summed E-state index contributed by atoms with van der Waals surface area (Å²) in [6.45, 7) is 4.76. The van der Waals surface area contributed by atoms with Crippen molar-refractivity contribution in [1.82, 2.24) is 14.8 Å². The number of nitrogens with two attached hydrogens (primary N) is 1. The Hall–Kier alpha value is -1.75. The zero-order valence-electron chi connectivity index (χ0n) is 9.94. The van der Waals surface area contributed by atoms with E-state index in [2.05, 4.69) is 10.2 Å². The Kier molecular flexibility index (Phi) is 3.19. The highest BCUT2D eigenvalue weighted by Crippen LogP contribution is 2.20. The van der Waals surface area contributed by atoms with Crippen molar-refractivity contribution in [3.8, 4) is 11.4 Å². The first-order valence-electron chi connectivity index (χ1n) is 5.56. The molecule has 2 rings (SSSR count). The SMILES string of the molecule is CCn1c(CN)nnc1-c1ccc(C)c(F)c1. The van der Waals surface area contributed by atoms with Crippen molar-refractivity contribution in [1.29, 1.82) is 0 Å². The van der Waals surface area contributed by atoms with Crippen molar-refractivity contribution in [2.24, 2.45) is 5.73 Å². The summed E-state index contributed by atoms with van der Waals surface area (Å²) in [5, 5.41) is 8.06. The third-order valence-corrected chi connectivity index (χ3v) is 2.76. The van der Waals surface area contributed by atoms with Crippen LogP contribution in [0.5, 0.6) is 0 Å². The second kappa shape index (κ2) is 4.63. The molecule has 17 heavy (non-hydrogen) atoms. The van der Waals surface area contributed by atoms with Gasteiger partial charge in [-0.2, -0.15) is 0 Å². The molecular weight excluding hydrogens is 219 g/mol. The van der Waals surface area contributed by atoms with Crippen LogP contribution < -0.4 is 5.73 Å². The highest BCUT2D eigenvalue weighted by atomic mass is 19.1. The highest BCUT2D eigenvalue weighted by molar-refractivity contribution is 5.56. The molecular formula is C12H15FN4. The van der Waals surface area contributed by atoms with E-state index in [9.17, 15) is 4.39 Å². The van der Waals surface area contributed by atoms with Gasteiger partial charge in [0.1, 0.15) is 11.6 Å². The summed E-state index contributed by atoms with van der Waals surface area (Å²) in [4.78, 5) is 0. The Bertz CT molecular complexity index is 533. The molecule has 0 saturated carbocycles. The molecule has 0 unspecified atom stereocenters. The van der Waals surface area contributed by atoms with E-state index in [0.717, 1.165) is 5.56 Å². The molecule has 2 aromatic rings. The van der Waals surface area contributed by atoms with E-state index < -0.39 is 0 Å². The van der Waals surface area contributed by atoms with E-state index in [0.29, 0.717) is 30.3 Å². The van der Waals surface area contributed by atoms with Gasteiger partial charge in [0.05, 0.1) is 6.54 Å². The number of benzene rings is 1. The Labute approximate surface area is 99.3 Å². The van der Waals surface area contributed by atoms with Crippen LogP contribution in [0.3, 0.4) is 0 Å². The number of hydrogen-bond acceptors (Lipinski definition) is 3. The molecule has 1 heterocycles. The molecule has 0 bridgehead atoms. The summed E-state index contributed by atoms with van der Waals surface area (Å²) >= 11 is 0. The van der Waals surface area contributed by atoms with Crippen molar-refractivity contribution in [3.05, 3.63) is 35.4 Å². The molecule has 0 aliphatic carbocycles. The Morgan fingerprint density at radius 1 is 1.35 bits per heavy atom. The van der Waals surface area contributed by atoms with E-state index >= 15 is 0 Å². The van der Waals surface area contributed by atoms with Crippen LogP contribution in [0, 0.1) is 12.7 Å². The fourth-order valence-corrected chi connectivity index (χ4v) is 1.76. The van der Waals surface area contributed by atoms with Crippen molar-refractivity contribution in [2.75, 3.05) is 0 Å². The van der Waals surface area contributed by atoms with E-state index in [1.54, 1.807) is 13.0 Å². The number of nitrogens with zero attached hydrogens (tertiary/aromatic N) is 3. The number of aryl methyl sites for hydroxylation is 1. The normalized spacial score (nSPS) is 10.8. The van der Waals surface area contributed by atoms with Gasteiger partial charge < -0.3 is 10.3 Å². The molecule has 0 aliphatic heterocycles. The molecule has 2 N–H and O–H groups in total. The topological polar surface area (TPSA) is 56.7 Å². The van der Waals surface area contributed by atoms with Crippen LogP contribution >= 0.6 is 0 Å². The van der Waals surface area contributed by atoms with Crippen LogP contribution in [0.4, 0.5) is 4.39 Å². The molecule has 0 radical (unpaired) electrons. The van der Waals surface area contributed by atoms with Gasteiger partial charge >= 0.3 is 0 Å². The predicted molar refractivity (Wildman–Crippen MR) is 63.7 cm³/mol. The minimum Gasteiger partial charge on any atom is -0.324 e. The second-order valence-electron chi connectivity index (χ2n) is 3.85. The average Bonchev–Trinajstić information content (AvgIpc) is 2.75. The average molecular weight is 234 g/mol. The lowest BCUT2D eigenvalue weighted by molar-refractivity contribution is 0.618. The lowest BCUT2D eigenvalue weighted by atomic mass is 10.1. The predicted octanol–water partition coefficient (Wildman–Crippen LogP) is 1.87. The molecule has 4 nitrogen and oxygen atoms in total. The molecule has 0 spiro atoms. The number of aromatic nitrogens is 3. The van der Waals surface area contributed by atoms with Crippen LogP contribution in [-0.2, 0) is 13.1 Å². The lowest BCUT2D eigenvalue weighted by Crippen LogP contribution is -2.08. The Balaban J connectivity index is 2.52. The molecule has 0 amide bonds. The molecule has 1 aromatic carbocycles. The summed E-state index contributed by atoms with van der Waals surface area (Å²) in [6.07, 6.45) is 0. The summed E-state index contributed by atoms with van der Waals surface area (Å²) in [5.74, 6) is 1.14. The minimum atomic E-state index is -0.234. The van der Waals surface area contributed by atoms with Crippen LogP contribution in [-0.4, -0.2) is 14.8 Å². The van der Waals surface area contributed by atoms with Gasteiger partial charge in [-0.3, -0.25) is 0 Å². The summed E-state index contributed by atoms with van der Waals surface area (Å²) < 4.78 is 15.4. The first kappa shape index (κ1) is 11.7. The first-order valence-corrected chi connectivity index (χ1v) is 5.56. The summed E-state index contributed by atoms with van der Waals surface area (Å²) in [6, 6.07) is 5.06. The molecule has 0 fully saturated rings. The Morgan fingerprint density at radius 2 is 2.12 bits per heavy atom. The van der Waals surface area contributed by atoms with E-state index in [1.807, 2.05) is 17.6 Å². The maximum Gasteiger partial charge on any atom is 0.164 e. The third-order valence-electron chi connectivity index (χ3n) is 2.76. The van der Waals surface area contributed by atoms with Gasteiger partial charge in [0.15, 0.2) is 5.82 Å². The van der Waals surface area contributed by atoms with Crippen LogP contribution in [0.2, 0.25) is 0 Å². The van der Waals surface area contributed by atoms with Crippen molar-refractivity contribution in [2.45, 2.75) is 26.9 Å². The maximum absolute atomic E-state index is 13.5. The van der Waals surface area contributed by atoms with Gasteiger partial charge in [0.2, 0.25) is 0 Å². The second-order valence-corrected chi connectivity index (χ2v) is 3.85. The third kappa shape index (κ3) is 2.06. The molecule has 1 aromatic heterocycles. The monoisotopic (exact) mass is 234 g/mol. The van der Waals surface area contributed by atoms with Gasteiger partial charge in [0.25, 0.3) is 0 Å². The maximum atomic E-state index is 13.5. The van der Waals surface area contributed by atoms with Gasteiger partial charge in [-0.25, -0.2) is 4.39 Å². The summed E-state index contributed by atoms with van der Waals surface area (Å²) in [5.41, 5.74) is 6.92.